The summed E-state index contributed by atoms with van der Waals surface area (Å²) in [5.74, 6) is -1.04. The molecule has 0 fully saturated rings. The van der Waals surface area contributed by atoms with Gasteiger partial charge in [-0.05, 0) is 6.92 Å². The van der Waals surface area contributed by atoms with Gasteiger partial charge in [-0.15, -0.1) is 0 Å². The van der Waals surface area contributed by atoms with Crippen LogP contribution in [0.3, 0.4) is 0 Å². The molecule has 4 nitrogen and oxygen atoms in total. The molecule has 0 radical (unpaired) electrons. The number of hydrogen-bond donors (Lipinski definition) is 1. The highest BCUT2D eigenvalue weighted by molar-refractivity contribution is 6.46. The van der Waals surface area contributed by atoms with E-state index in [9.17, 15) is 4.79 Å². The zero-order valence-corrected chi connectivity index (χ0v) is 7.09. The summed E-state index contributed by atoms with van der Waals surface area (Å²) < 4.78 is 0. The van der Waals surface area contributed by atoms with E-state index in [1.54, 1.807) is 14.0 Å². The number of carboxylic acids is 1. The first kappa shape index (κ1) is 8.33. The Kier molecular flexibility index (Phi) is 1.80. The second kappa shape index (κ2) is 2.37. The predicted molar refractivity (Wildman–Crippen MR) is 42.0 cm³/mol. The zero-order chi connectivity index (χ0) is 8.65. The summed E-state index contributed by atoms with van der Waals surface area (Å²) in [6.07, 6.45) is 0. The Hall–Kier alpha value is -0.770. The molecule has 1 aliphatic heterocycles. The van der Waals surface area contributed by atoms with E-state index in [2.05, 4.69) is 5.10 Å². The summed E-state index contributed by atoms with van der Waals surface area (Å²) in [4.78, 5) is 9.33. The molecule has 1 heterocycles. The Balaban J connectivity index is 2.92. The lowest BCUT2D eigenvalue weighted by Gasteiger charge is -2.15. The van der Waals surface area contributed by atoms with Crippen LogP contribution >= 0.6 is 11.6 Å². The second-order valence-corrected chi connectivity index (χ2v) is 3.25. The van der Waals surface area contributed by atoms with Crippen LogP contribution in [0, 0.1) is 0 Å². The smallest absolute Gasteiger partial charge is 0.332 e. The summed E-state index contributed by atoms with van der Waals surface area (Å²) >= 11 is 5.78. The largest absolute Gasteiger partial charge is 0.480 e. The van der Waals surface area contributed by atoms with Gasteiger partial charge in [-0.2, -0.15) is 5.10 Å². The summed E-state index contributed by atoms with van der Waals surface area (Å²) in [6, 6.07) is 0. The fourth-order valence-corrected chi connectivity index (χ4v) is 1.23. The molecule has 0 amide bonds. The van der Waals surface area contributed by atoms with Crippen molar-refractivity contribution in [3.8, 4) is 0 Å². The van der Waals surface area contributed by atoms with Gasteiger partial charge in [0.1, 0.15) is 0 Å². The molecule has 0 bridgehead atoms. The van der Waals surface area contributed by atoms with E-state index in [0.29, 0.717) is 5.71 Å². The first-order chi connectivity index (χ1) is 4.97. The molecule has 1 aliphatic rings. The summed E-state index contributed by atoms with van der Waals surface area (Å²) in [7, 11) is 1.69. The van der Waals surface area contributed by atoms with Gasteiger partial charge >= 0.3 is 5.97 Å². The van der Waals surface area contributed by atoms with Gasteiger partial charge < -0.3 is 5.11 Å². The minimum absolute atomic E-state index is 0.232. The van der Waals surface area contributed by atoms with Crippen LogP contribution < -0.4 is 0 Å². The van der Waals surface area contributed by atoms with Crippen molar-refractivity contribution in [1.82, 2.24) is 5.01 Å². The van der Waals surface area contributed by atoms with Gasteiger partial charge in [0.05, 0.1) is 12.3 Å². The topological polar surface area (TPSA) is 52.9 Å². The molecule has 0 aromatic rings. The lowest BCUT2D eigenvalue weighted by molar-refractivity contribution is -0.138. The number of nitrogens with zero attached hydrogens (tertiary/aromatic N) is 2. The SMILES string of the molecule is CC1=NN(C)CC1(Cl)C(=O)O. The van der Waals surface area contributed by atoms with Crippen molar-refractivity contribution in [2.24, 2.45) is 5.10 Å². The number of carboxylic acid groups (broad SMARTS) is 1. The van der Waals surface area contributed by atoms with Crippen LogP contribution in [-0.2, 0) is 4.79 Å². The number of alkyl halides is 1. The Morgan fingerprint density at radius 3 is 2.64 bits per heavy atom. The number of hydrazone groups is 1. The van der Waals surface area contributed by atoms with E-state index in [4.69, 9.17) is 16.7 Å². The predicted octanol–water partition coefficient (Wildman–Crippen LogP) is 0.370. The van der Waals surface area contributed by atoms with Gasteiger partial charge in [0.25, 0.3) is 0 Å². The molecule has 0 spiro atoms. The van der Waals surface area contributed by atoms with Gasteiger partial charge in [0, 0.05) is 7.05 Å². The summed E-state index contributed by atoms with van der Waals surface area (Å²) in [5.41, 5.74) is 0.439. The number of halogens is 1. The fourth-order valence-electron chi connectivity index (χ4n) is 1.02. The second-order valence-electron chi connectivity index (χ2n) is 2.61. The van der Waals surface area contributed by atoms with Crippen LogP contribution in [0.1, 0.15) is 6.92 Å². The Bertz CT molecular complexity index is 229. The fraction of sp³-hybridized carbons (Fsp3) is 0.667. The maximum absolute atomic E-state index is 10.6. The van der Waals surface area contributed by atoms with Crippen molar-refractivity contribution >= 4 is 23.3 Å². The third-order valence-electron chi connectivity index (χ3n) is 1.68. The highest BCUT2D eigenvalue weighted by Crippen LogP contribution is 2.24. The minimum Gasteiger partial charge on any atom is -0.480 e. The minimum atomic E-state index is -1.31. The Morgan fingerprint density at radius 2 is 2.45 bits per heavy atom. The van der Waals surface area contributed by atoms with Crippen LogP contribution in [-0.4, -0.2) is 40.3 Å². The lowest BCUT2D eigenvalue weighted by atomic mass is 10.1. The molecule has 1 rings (SSSR count). The summed E-state index contributed by atoms with van der Waals surface area (Å²) in [5, 5.41) is 14.1. The van der Waals surface area contributed by atoms with Crippen LogP contribution in [0.25, 0.3) is 0 Å². The maximum Gasteiger partial charge on any atom is 0.332 e. The van der Waals surface area contributed by atoms with Crippen LogP contribution in [0.4, 0.5) is 0 Å². The monoisotopic (exact) mass is 176 g/mol. The molecular weight excluding hydrogens is 168 g/mol. The number of aliphatic carboxylic acids is 1. The molecule has 0 saturated carbocycles. The molecule has 1 N–H and O–H groups in total. The van der Waals surface area contributed by atoms with E-state index < -0.39 is 10.8 Å². The Labute approximate surface area is 69.4 Å². The van der Waals surface area contributed by atoms with E-state index >= 15 is 0 Å². The molecule has 0 aromatic heterocycles. The molecule has 1 unspecified atom stereocenters. The molecule has 5 heteroatoms. The van der Waals surface area contributed by atoms with E-state index in [0.717, 1.165) is 0 Å². The van der Waals surface area contributed by atoms with Crippen LogP contribution in [0.2, 0.25) is 0 Å². The summed E-state index contributed by atoms with van der Waals surface area (Å²) in [6.45, 7) is 1.85. The van der Waals surface area contributed by atoms with Crippen molar-refractivity contribution in [3.63, 3.8) is 0 Å². The van der Waals surface area contributed by atoms with E-state index in [1.165, 1.54) is 5.01 Å². The third kappa shape index (κ3) is 1.18. The quantitative estimate of drug-likeness (QED) is 0.588. The molecule has 0 aromatic carbocycles. The van der Waals surface area contributed by atoms with Crippen molar-refractivity contribution < 1.29 is 9.90 Å². The first-order valence-corrected chi connectivity index (χ1v) is 3.54. The van der Waals surface area contributed by atoms with Gasteiger partial charge in [-0.25, -0.2) is 4.79 Å². The average molecular weight is 177 g/mol. The van der Waals surface area contributed by atoms with E-state index in [1.807, 2.05) is 0 Å². The standard InChI is InChI=1S/C6H9ClN2O2/c1-4-6(7,5(10)11)3-9(2)8-4/h3H2,1-2H3,(H,10,11). The third-order valence-corrected chi connectivity index (χ3v) is 2.23. The molecule has 0 saturated heterocycles. The normalized spacial score (nSPS) is 30.5. The van der Waals surface area contributed by atoms with Crippen molar-refractivity contribution in [1.29, 1.82) is 0 Å². The highest BCUT2D eigenvalue weighted by atomic mass is 35.5. The molecule has 1 atom stereocenters. The first-order valence-electron chi connectivity index (χ1n) is 3.16. The molecule has 11 heavy (non-hydrogen) atoms. The van der Waals surface area contributed by atoms with Gasteiger partial charge in [-0.1, -0.05) is 11.6 Å². The maximum atomic E-state index is 10.6. The van der Waals surface area contributed by atoms with Crippen LogP contribution in [0.5, 0.6) is 0 Å². The number of rotatable bonds is 1. The van der Waals surface area contributed by atoms with Gasteiger partial charge in [0.15, 0.2) is 4.87 Å². The molecule has 0 aliphatic carbocycles. The van der Waals surface area contributed by atoms with Crippen molar-refractivity contribution in [3.05, 3.63) is 0 Å². The number of hydrogen-bond acceptors (Lipinski definition) is 3. The molecular formula is C6H9ClN2O2. The van der Waals surface area contributed by atoms with Crippen LogP contribution in [0.15, 0.2) is 5.10 Å². The average Bonchev–Trinajstić information content (AvgIpc) is 2.08. The van der Waals surface area contributed by atoms with Gasteiger partial charge in [-0.3, -0.25) is 5.01 Å². The highest BCUT2D eigenvalue weighted by Gasteiger charge is 2.44. The lowest BCUT2D eigenvalue weighted by Crippen LogP contribution is -2.41. The van der Waals surface area contributed by atoms with E-state index in [-0.39, 0.29) is 6.54 Å². The van der Waals surface area contributed by atoms with Crippen molar-refractivity contribution in [2.75, 3.05) is 13.6 Å². The van der Waals surface area contributed by atoms with Crippen molar-refractivity contribution in [2.45, 2.75) is 11.8 Å². The number of carbonyl (C=O) groups is 1. The zero-order valence-electron chi connectivity index (χ0n) is 6.33. The Morgan fingerprint density at radius 1 is 1.91 bits per heavy atom. The van der Waals surface area contributed by atoms with Gasteiger partial charge in [0.2, 0.25) is 0 Å². The molecule has 62 valence electrons.